The van der Waals surface area contributed by atoms with E-state index in [2.05, 4.69) is 26.2 Å². The van der Waals surface area contributed by atoms with Crippen LogP contribution in [0.5, 0.6) is 0 Å². The fourth-order valence-electron chi connectivity index (χ4n) is 2.41. The van der Waals surface area contributed by atoms with Gasteiger partial charge in [-0.2, -0.15) is 4.68 Å². The Kier molecular flexibility index (Phi) is 6.62. The highest BCUT2D eigenvalue weighted by Gasteiger charge is 2.26. The third-order valence-electron chi connectivity index (χ3n) is 3.63. The van der Waals surface area contributed by atoms with E-state index in [0.717, 1.165) is 17.3 Å². The molecule has 0 saturated carbocycles. The lowest BCUT2D eigenvalue weighted by Gasteiger charge is -2.16. The maximum atomic E-state index is 12.8. The Labute approximate surface area is 170 Å². The Morgan fingerprint density at radius 3 is 2.68 bits per heavy atom. The van der Waals surface area contributed by atoms with E-state index in [4.69, 9.17) is 11.6 Å². The van der Waals surface area contributed by atoms with E-state index in [1.54, 1.807) is 31.2 Å². The molecule has 0 aliphatic rings. The molecule has 2 aromatic carbocycles. The number of carbonyl (C=O) groups is 2. The number of hydrogen-bond acceptors (Lipinski definition) is 6. The van der Waals surface area contributed by atoms with E-state index in [9.17, 15) is 9.59 Å². The van der Waals surface area contributed by atoms with Crippen LogP contribution in [0.3, 0.4) is 0 Å². The summed E-state index contributed by atoms with van der Waals surface area (Å²) in [6.07, 6.45) is 0. The van der Waals surface area contributed by atoms with E-state index >= 15 is 0 Å². The summed E-state index contributed by atoms with van der Waals surface area (Å²) in [6.45, 7) is 2.18. The summed E-state index contributed by atoms with van der Waals surface area (Å²) in [4.78, 5) is 24.6. The van der Waals surface area contributed by atoms with Gasteiger partial charge >= 0.3 is 6.03 Å². The Bertz CT molecular complexity index is 965. The summed E-state index contributed by atoms with van der Waals surface area (Å²) in [7, 11) is 0. The van der Waals surface area contributed by atoms with Gasteiger partial charge < -0.3 is 5.32 Å². The van der Waals surface area contributed by atoms with Gasteiger partial charge in [0.15, 0.2) is 0 Å². The minimum atomic E-state index is -0.729. The molecule has 0 bridgehead atoms. The van der Waals surface area contributed by atoms with E-state index < -0.39 is 17.2 Å². The van der Waals surface area contributed by atoms with Crippen LogP contribution in [-0.2, 0) is 4.79 Å². The van der Waals surface area contributed by atoms with Crippen molar-refractivity contribution < 1.29 is 9.59 Å². The van der Waals surface area contributed by atoms with E-state index in [0.29, 0.717) is 22.4 Å². The standard InChI is InChI=1S/C18H17ClN6O2S/c1-2-20-17(27)21-16(26)15(12-7-4-3-5-8-12)28-18-22-23-24-25(18)14-10-6-9-13(19)11-14/h3-11,15H,2H2,1H3,(H2,20,21,26,27)/t15-/m0/s1. The molecule has 8 nitrogen and oxygen atoms in total. The second-order valence-corrected chi connectivity index (χ2v) is 7.12. The molecule has 28 heavy (non-hydrogen) atoms. The van der Waals surface area contributed by atoms with Crippen LogP contribution in [0, 0.1) is 0 Å². The highest BCUT2D eigenvalue weighted by molar-refractivity contribution is 8.00. The number of benzene rings is 2. The van der Waals surface area contributed by atoms with Gasteiger partial charge in [0.25, 0.3) is 0 Å². The second kappa shape index (κ2) is 9.34. The average Bonchev–Trinajstić information content (AvgIpc) is 3.15. The second-order valence-electron chi connectivity index (χ2n) is 5.61. The molecule has 0 spiro atoms. The van der Waals surface area contributed by atoms with Crippen LogP contribution >= 0.6 is 23.4 Å². The van der Waals surface area contributed by atoms with Crippen molar-refractivity contribution in [1.29, 1.82) is 0 Å². The normalized spacial score (nSPS) is 11.6. The van der Waals surface area contributed by atoms with Gasteiger partial charge in [-0.3, -0.25) is 10.1 Å². The topological polar surface area (TPSA) is 102 Å². The molecule has 144 valence electrons. The number of amides is 3. The summed E-state index contributed by atoms with van der Waals surface area (Å²) in [5.41, 5.74) is 1.38. The summed E-state index contributed by atoms with van der Waals surface area (Å²) in [5, 5.41) is 16.8. The Hall–Kier alpha value is -2.91. The van der Waals surface area contributed by atoms with Crippen LogP contribution in [0.15, 0.2) is 59.8 Å². The number of thioether (sulfide) groups is 1. The first kappa shape index (κ1) is 19.8. The van der Waals surface area contributed by atoms with Gasteiger partial charge in [-0.1, -0.05) is 59.8 Å². The van der Waals surface area contributed by atoms with Crippen LogP contribution in [0.1, 0.15) is 17.7 Å². The van der Waals surface area contributed by atoms with Gasteiger partial charge in [-0.15, -0.1) is 5.10 Å². The van der Waals surface area contributed by atoms with Crippen molar-refractivity contribution in [2.24, 2.45) is 0 Å². The quantitative estimate of drug-likeness (QED) is 0.599. The molecule has 0 aliphatic carbocycles. The molecule has 1 aromatic heterocycles. The number of aromatic nitrogens is 4. The molecule has 0 unspecified atom stereocenters. The van der Waals surface area contributed by atoms with Gasteiger partial charge in [0, 0.05) is 11.6 Å². The molecule has 3 amide bonds. The minimum absolute atomic E-state index is 0.391. The zero-order valence-corrected chi connectivity index (χ0v) is 16.4. The molecular formula is C18H17ClN6O2S. The van der Waals surface area contributed by atoms with Crippen LogP contribution in [0.25, 0.3) is 5.69 Å². The molecule has 1 heterocycles. The predicted molar refractivity (Wildman–Crippen MR) is 106 cm³/mol. The average molecular weight is 417 g/mol. The molecule has 0 fully saturated rings. The van der Waals surface area contributed by atoms with Crippen LogP contribution in [-0.4, -0.2) is 38.7 Å². The largest absolute Gasteiger partial charge is 0.338 e. The van der Waals surface area contributed by atoms with Crippen LogP contribution in [0.2, 0.25) is 5.02 Å². The lowest BCUT2D eigenvalue weighted by Crippen LogP contribution is -2.41. The highest BCUT2D eigenvalue weighted by atomic mass is 35.5. The Morgan fingerprint density at radius 1 is 1.18 bits per heavy atom. The van der Waals surface area contributed by atoms with Gasteiger partial charge in [-0.25, -0.2) is 4.79 Å². The first-order valence-corrected chi connectivity index (χ1v) is 9.69. The first-order valence-electron chi connectivity index (χ1n) is 8.43. The molecule has 0 aliphatic heterocycles. The van der Waals surface area contributed by atoms with Crippen LogP contribution < -0.4 is 10.6 Å². The monoisotopic (exact) mass is 416 g/mol. The number of nitrogens with zero attached hydrogens (tertiary/aromatic N) is 4. The molecule has 0 radical (unpaired) electrons. The van der Waals surface area contributed by atoms with Crippen LogP contribution in [0.4, 0.5) is 4.79 Å². The minimum Gasteiger partial charge on any atom is -0.338 e. The van der Waals surface area contributed by atoms with Crippen molar-refractivity contribution >= 4 is 35.3 Å². The number of carbonyl (C=O) groups excluding carboxylic acids is 2. The molecule has 1 atom stereocenters. The number of halogens is 1. The Balaban J connectivity index is 1.90. The van der Waals surface area contributed by atoms with E-state index in [1.807, 2.05) is 30.3 Å². The van der Waals surface area contributed by atoms with Gasteiger partial charge in [-0.05, 0) is 41.1 Å². The smallest absolute Gasteiger partial charge is 0.321 e. The first-order chi connectivity index (χ1) is 13.6. The zero-order valence-electron chi connectivity index (χ0n) is 14.9. The van der Waals surface area contributed by atoms with Gasteiger partial charge in [0.05, 0.1) is 5.69 Å². The molecule has 0 saturated heterocycles. The SMILES string of the molecule is CCNC(=O)NC(=O)[C@@H](Sc1nnnn1-c1cccc(Cl)c1)c1ccccc1. The van der Waals surface area contributed by atoms with Gasteiger partial charge in [0.2, 0.25) is 11.1 Å². The van der Waals surface area contributed by atoms with Crippen molar-refractivity contribution in [3.05, 3.63) is 65.2 Å². The van der Waals surface area contributed by atoms with Crippen molar-refractivity contribution in [2.45, 2.75) is 17.3 Å². The third-order valence-corrected chi connectivity index (χ3v) is 5.05. The maximum absolute atomic E-state index is 12.8. The predicted octanol–water partition coefficient (Wildman–Crippen LogP) is 2.99. The number of urea groups is 1. The highest BCUT2D eigenvalue weighted by Crippen LogP contribution is 2.35. The lowest BCUT2D eigenvalue weighted by molar-refractivity contribution is -0.119. The fourth-order valence-corrected chi connectivity index (χ4v) is 3.59. The van der Waals surface area contributed by atoms with Gasteiger partial charge in [0.1, 0.15) is 5.25 Å². The number of nitrogens with one attached hydrogen (secondary N) is 2. The number of tetrazole rings is 1. The molecule has 3 rings (SSSR count). The molecular weight excluding hydrogens is 400 g/mol. The van der Waals surface area contributed by atoms with Crippen molar-refractivity contribution in [3.8, 4) is 5.69 Å². The van der Waals surface area contributed by atoms with E-state index in [1.165, 1.54) is 4.68 Å². The Morgan fingerprint density at radius 2 is 1.96 bits per heavy atom. The summed E-state index contributed by atoms with van der Waals surface area (Å²) < 4.78 is 1.49. The molecule has 2 N–H and O–H groups in total. The maximum Gasteiger partial charge on any atom is 0.321 e. The molecule has 3 aromatic rings. The summed E-state index contributed by atoms with van der Waals surface area (Å²) in [5.74, 6) is -0.470. The summed E-state index contributed by atoms with van der Waals surface area (Å²) in [6, 6.07) is 15.6. The number of rotatable bonds is 6. The fraction of sp³-hybridized carbons (Fsp3) is 0.167. The van der Waals surface area contributed by atoms with E-state index in [-0.39, 0.29) is 0 Å². The zero-order chi connectivity index (χ0) is 19.9. The van der Waals surface area contributed by atoms with Crippen molar-refractivity contribution in [2.75, 3.05) is 6.54 Å². The lowest BCUT2D eigenvalue weighted by atomic mass is 10.1. The van der Waals surface area contributed by atoms with Crippen molar-refractivity contribution in [3.63, 3.8) is 0 Å². The molecule has 10 heteroatoms. The number of hydrogen-bond donors (Lipinski definition) is 2. The summed E-state index contributed by atoms with van der Waals surface area (Å²) >= 11 is 7.19. The third kappa shape index (κ3) is 4.87. The number of imide groups is 1. The van der Waals surface area contributed by atoms with Crippen molar-refractivity contribution in [1.82, 2.24) is 30.8 Å².